The molecule has 0 aliphatic carbocycles. The molecule has 4 aromatic carbocycles. The zero-order valence-corrected chi connectivity index (χ0v) is 19.2. The van der Waals surface area contributed by atoms with Gasteiger partial charge < -0.3 is 4.74 Å². The van der Waals surface area contributed by atoms with Crippen molar-refractivity contribution in [3.8, 4) is 11.8 Å². The van der Waals surface area contributed by atoms with Crippen LogP contribution in [-0.4, -0.2) is 0 Å². The van der Waals surface area contributed by atoms with Crippen molar-refractivity contribution in [3.05, 3.63) is 111 Å². The third-order valence-corrected chi connectivity index (χ3v) is 5.84. The van der Waals surface area contributed by atoms with Crippen molar-refractivity contribution in [3.63, 3.8) is 0 Å². The molecule has 0 aliphatic heterocycles. The van der Waals surface area contributed by atoms with Gasteiger partial charge in [-0.2, -0.15) is 5.26 Å². The van der Waals surface area contributed by atoms with Gasteiger partial charge in [-0.25, -0.2) is 0 Å². The molecule has 4 rings (SSSR count). The topological polar surface area (TPSA) is 33.0 Å². The first-order chi connectivity index (χ1) is 14.7. The fourth-order valence-corrected chi connectivity index (χ4v) is 4.73. The van der Waals surface area contributed by atoms with Crippen LogP contribution in [0, 0.1) is 11.3 Å². The Morgan fingerprint density at radius 3 is 2.43 bits per heavy atom. The number of rotatable bonds is 5. The molecule has 0 saturated heterocycles. The lowest BCUT2D eigenvalue weighted by Crippen LogP contribution is -1.99. The quantitative estimate of drug-likeness (QED) is 0.198. The van der Waals surface area contributed by atoms with E-state index < -0.39 is 0 Å². The van der Waals surface area contributed by atoms with Crippen LogP contribution >= 0.6 is 31.9 Å². The average molecular weight is 519 g/mol. The van der Waals surface area contributed by atoms with Gasteiger partial charge in [0.25, 0.3) is 0 Å². The first-order valence-electron chi connectivity index (χ1n) is 9.41. The SMILES string of the molecule is N#C/C(=C\c1cc(Br)cc(Br)c1OCc1cccc2ccccc12)c1ccccc1. The highest BCUT2D eigenvalue weighted by molar-refractivity contribution is 9.11. The lowest BCUT2D eigenvalue weighted by atomic mass is 10.0. The summed E-state index contributed by atoms with van der Waals surface area (Å²) in [6.07, 6.45) is 1.86. The Morgan fingerprint density at radius 2 is 1.63 bits per heavy atom. The monoisotopic (exact) mass is 517 g/mol. The van der Waals surface area contributed by atoms with E-state index in [-0.39, 0.29) is 0 Å². The van der Waals surface area contributed by atoms with Crippen LogP contribution in [0.5, 0.6) is 5.75 Å². The first kappa shape index (κ1) is 20.4. The summed E-state index contributed by atoms with van der Waals surface area (Å²) < 4.78 is 8.01. The van der Waals surface area contributed by atoms with Gasteiger partial charge in [-0.1, -0.05) is 88.7 Å². The van der Waals surface area contributed by atoms with Gasteiger partial charge in [0.2, 0.25) is 0 Å². The summed E-state index contributed by atoms with van der Waals surface area (Å²) in [5, 5.41) is 12.1. The highest BCUT2D eigenvalue weighted by atomic mass is 79.9. The smallest absolute Gasteiger partial charge is 0.141 e. The standard InChI is InChI=1S/C26H17Br2NO/c27-23-14-21(13-22(16-29)18-7-2-1-3-8-18)26(25(28)15-23)30-17-20-11-6-10-19-9-4-5-12-24(19)20/h1-15H,17H2/b22-13+. The molecule has 0 unspecified atom stereocenters. The second-order valence-electron chi connectivity index (χ2n) is 6.77. The molecule has 0 saturated carbocycles. The molecule has 0 amide bonds. The molecule has 2 nitrogen and oxygen atoms in total. The van der Waals surface area contributed by atoms with Crippen molar-refractivity contribution in [2.24, 2.45) is 0 Å². The second-order valence-corrected chi connectivity index (χ2v) is 8.54. The molecule has 4 heteroatoms. The van der Waals surface area contributed by atoms with Gasteiger partial charge in [0.15, 0.2) is 0 Å². The maximum atomic E-state index is 9.71. The number of halogens is 2. The van der Waals surface area contributed by atoms with Crippen LogP contribution in [0.25, 0.3) is 22.4 Å². The van der Waals surface area contributed by atoms with Crippen LogP contribution in [0.3, 0.4) is 0 Å². The van der Waals surface area contributed by atoms with E-state index in [4.69, 9.17) is 4.74 Å². The molecule has 0 bridgehead atoms. The molecule has 4 aromatic rings. The normalized spacial score (nSPS) is 11.3. The van der Waals surface area contributed by atoms with Crippen molar-refractivity contribution in [2.75, 3.05) is 0 Å². The van der Waals surface area contributed by atoms with Gasteiger partial charge in [-0.15, -0.1) is 0 Å². The number of nitrogens with zero attached hydrogens (tertiary/aromatic N) is 1. The molecule has 0 aliphatic rings. The van der Waals surface area contributed by atoms with Gasteiger partial charge in [0.1, 0.15) is 12.4 Å². The Bertz CT molecular complexity index is 1270. The van der Waals surface area contributed by atoms with Gasteiger partial charge in [0.05, 0.1) is 16.1 Å². The fourth-order valence-electron chi connectivity index (χ4n) is 3.36. The van der Waals surface area contributed by atoms with E-state index in [1.54, 1.807) is 0 Å². The summed E-state index contributed by atoms with van der Waals surface area (Å²) in [6, 6.07) is 30.4. The highest BCUT2D eigenvalue weighted by Gasteiger charge is 2.12. The number of allylic oxidation sites excluding steroid dienone is 1. The Balaban J connectivity index is 1.72. The first-order valence-corrected chi connectivity index (χ1v) is 11.0. The van der Waals surface area contributed by atoms with Crippen molar-refractivity contribution in [1.82, 2.24) is 0 Å². The maximum absolute atomic E-state index is 9.71. The molecule has 0 heterocycles. The number of hydrogen-bond donors (Lipinski definition) is 0. The van der Waals surface area contributed by atoms with Gasteiger partial charge in [-0.05, 0) is 56.0 Å². The van der Waals surface area contributed by atoms with E-state index in [2.05, 4.69) is 62.2 Å². The molecule has 146 valence electrons. The van der Waals surface area contributed by atoms with Crippen LogP contribution in [0.2, 0.25) is 0 Å². The molecule has 30 heavy (non-hydrogen) atoms. The van der Waals surface area contributed by atoms with E-state index >= 15 is 0 Å². The minimum absolute atomic E-state index is 0.426. The molecule has 0 aromatic heterocycles. The number of hydrogen-bond acceptors (Lipinski definition) is 2. The molecule has 0 spiro atoms. The van der Waals surface area contributed by atoms with E-state index in [9.17, 15) is 5.26 Å². The molecule has 0 atom stereocenters. The summed E-state index contributed by atoms with van der Waals surface area (Å²) >= 11 is 7.17. The highest BCUT2D eigenvalue weighted by Crippen LogP contribution is 2.36. The van der Waals surface area contributed by atoms with Crippen LogP contribution in [0.15, 0.2) is 93.9 Å². The van der Waals surface area contributed by atoms with Gasteiger partial charge >= 0.3 is 0 Å². The Labute approximate surface area is 192 Å². The molecule has 0 radical (unpaired) electrons. The van der Waals surface area contributed by atoms with Crippen molar-refractivity contribution in [1.29, 1.82) is 5.26 Å². The predicted molar refractivity (Wildman–Crippen MR) is 130 cm³/mol. The largest absolute Gasteiger partial charge is 0.487 e. The van der Waals surface area contributed by atoms with Gasteiger partial charge in [0, 0.05) is 10.0 Å². The number of fused-ring (bicyclic) bond motifs is 1. The van der Waals surface area contributed by atoms with Crippen LogP contribution in [0.4, 0.5) is 0 Å². The second kappa shape index (κ2) is 9.30. The Hall–Kier alpha value is -2.87. The summed E-state index contributed by atoms with van der Waals surface area (Å²) in [7, 11) is 0. The lowest BCUT2D eigenvalue weighted by Gasteiger charge is -2.14. The molecule has 0 N–H and O–H groups in total. The van der Waals surface area contributed by atoms with Crippen LogP contribution in [-0.2, 0) is 6.61 Å². The average Bonchev–Trinajstić information content (AvgIpc) is 2.77. The van der Waals surface area contributed by atoms with Crippen molar-refractivity contribution in [2.45, 2.75) is 6.61 Å². The van der Waals surface area contributed by atoms with E-state index in [0.29, 0.717) is 17.9 Å². The maximum Gasteiger partial charge on any atom is 0.141 e. The number of nitriles is 1. The minimum Gasteiger partial charge on any atom is -0.487 e. The molecular weight excluding hydrogens is 502 g/mol. The summed E-state index contributed by atoms with van der Waals surface area (Å²) in [5.41, 5.74) is 3.39. The molecule has 0 fully saturated rings. The third kappa shape index (κ3) is 4.48. The van der Waals surface area contributed by atoms with Crippen molar-refractivity contribution < 1.29 is 4.74 Å². The van der Waals surface area contributed by atoms with E-state index in [1.165, 1.54) is 10.8 Å². The fraction of sp³-hybridized carbons (Fsp3) is 0.0385. The zero-order chi connectivity index (χ0) is 20.9. The predicted octanol–water partition coefficient (Wildman–Crippen LogP) is 8.01. The summed E-state index contributed by atoms with van der Waals surface area (Å²) in [6.45, 7) is 0.426. The van der Waals surface area contributed by atoms with Crippen LogP contribution in [0.1, 0.15) is 16.7 Å². The number of benzene rings is 4. The lowest BCUT2D eigenvalue weighted by molar-refractivity contribution is 0.305. The van der Waals surface area contributed by atoms with E-state index in [0.717, 1.165) is 25.6 Å². The van der Waals surface area contributed by atoms with Crippen LogP contribution < -0.4 is 4.74 Å². The van der Waals surface area contributed by atoms with E-state index in [1.807, 2.05) is 66.7 Å². The Kier molecular flexibility index (Phi) is 6.32. The third-order valence-electron chi connectivity index (χ3n) is 4.79. The van der Waals surface area contributed by atoms with Crippen molar-refractivity contribution >= 4 is 54.3 Å². The minimum atomic E-state index is 0.426. The van der Waals surface area contributed by atoms with Gasteiger partial charge in [-0.3, -0.25) is 0 Å². The summed E-state index contributed by atoms with van der Waals surface area (Å²) in [4.78, 5) is 0. The summed E-state index contributed by atoms with van der Waals surface area (Å²) in [5.74, 6) is 0.704. The number of ether oxygens (including phenoxy) is 1. The molecular formula is C26H17Br2NO. The Morgan fingerprint density at radius 1 is 0.900 bits per heavy atom. The zero-order valence-electron chi connectivity index (χ0n) is 16.0.